The lowest BCUT2D eigenvalue weighted by Crippen LogP contribution is -2.19. The molecule has 0 aliphatic carbocycles. The van der Waals surface area contributed by atoms with Gasteiger partial charge in [0.2, 0.25) is 0 Å². The van der Waals surface area contributed by atoms with Crippen molar-refractivity contribution in [2.24, 2.45) is 11.1 Å². The molecule has 2 nitrogen and oxygen atoms in total. The Kier molecular flexibility index (Phi) is 5.74. The monoisotopic (exact) mass is 261 g/mol. The van der Waals surface area contributed by atoms with E-state index < -0.39 is 0 Å². The molecule has 1 rings (SSSR count). The molecule has 106 valence electrons. The summed E-state index contributed by atoms with van der Waals surface area (Å²) in [5, 5.41) is 0. The molecule has 0 spiro atoms. The van der Waals surface area contributed by atoms with Crippen LogP contribution in [0.4, 0.5) is 0 Å². The first kappa shape index (κ1) is 15.9. The van der Waals surface area contributed by atoms with Crippen LogP contribution < -0.4 is 5.73 Å². The molecule has 0 aliphatic rings. The molecule has 0 radical (unpaired) electrons. The van der Waals surface area contributed by atoms with Crippen LogP contribution in [0.15, 0.2) is 18.2 Å². The van der Waals surface area contributed by atoms with Gasteiger partial charge in [-0.05, 0) is 49.8 Å². The van der Waals surface area contributed by atoms with Crippen LogP contribution >= 0.6 is 0 Å². The number of hydrogen-bond donors (Lipinski definition) is 1. The van der Waals surface area contributed by atoms with Crippen molar-refractivity contribution in [2.75, 3.05) is 6.54 Å². The largest absolute Gasteiger partial charge is 0.330 e. The summed E-state index contributed by atoms with van der Waals surface area (Å²) < 4.78 is 0. The molecule has 0 saturated carbocycles. The highest BCUT2D eigenvalue weighted by Gasteiger charge is 2.18. The molecule has 0 amide bonds. The van der Waals surface area contributed by atoms with Gasteiger partial charge in [-0.15, -0.1) is 0 Å². The smallest absolute Gasteiger partial charge is 0.137 e. The van der Waals surface area contributed by atoms with Gasteiger partial charge in [0, 0.05) is 12.8 Å². The second-order valence-corrected chi connectivity index (χ2v) is 6.35. The van der Waals surface area contributed by atoms with E-state index in [-0.39, 0.29) is 5.41 Å². The Labute approximate surface area is 117 Å². The third kappa shape index (κ3) is 5.56. The van der Waals surface area contributed by atoms with Gasteiger partial charge < -0.3 is 5.73 Å². The van der Waals surface area contributed by atoms with Crippen molar-refractivity contribution in [1.29, 1.82) is 0 Å². The van der Waals surface area contributed by atoms with Crippen molar-refractivity contribution in [3.05, 3.63) is 34.9 Å². The molecule has 1 aromatic rings. The van der Waals surface area contributed by atoms with Crippen LogP contribution in [0.3, 0.4) is 0 Å². The maximum absolute atomic E-state index is 12.1. The number of hydrogen-bond acceptors (Lipinski definition) is 2. The Morgan fingerprint density at radius 2 is 1.89 bits per heavy atom. The first-order valence-electron chi connectivity index (χ1n) is 7.12. The predicted molar refractivity (Wildman–Crippen MR) is 81.3 cm³/mol. The molecule has 2 heteroatoms. The summed E-state index contributed by atoms with van der Waals surface area (Å²) in [5.41, 5.74) is 9.36. The third-order valence-corrected chi connectivity index (χ3v) is 3.79. The average molecular weight is 261 g/mol. The van der Waals surface area contributed by atoms with Gasteiger partial charge in [-0.2, -0.15) is 0 Å². The molecule has 19 heavy (non-hydrogen) atoms. The van der Waals surface area contributed by atoms with Crippen molar-refractivity contribution in [3.8, 4) is 0 Å². The van der Waals surface area contributed by atoms with Crippen molar-refractivity contribution < 1.29 is 4.79 Å². The summed E-state index contributed by atoms with van der Waals surface area (Å²) in [6.07, 6.45) is 3.12. The van der Waals surface area contributed by atoms with E-state index in [1.165, 1.54) is 16.7 Å². The van der Waals surface area contributed by atoms with Crippen LogP contribution in [0.5, 0.6) is 0 Å². The highest BCUT2D eigenvalue weighted by molar-refractivity contribution is 5.81. The average Bonchev–Trinajstić information content (AvgIpc) is 2.31. The van der Waals surface area contributed by atoms with Gasteiger partial charge in [-0.3, -0.25) is 4.79 Å². The molecular weight excluding hydrogens is 234 g/mol. The minimum absolute atomic E-state index is 0.173. The standard InChI is InChI=1S/C17H27NO/c1-13-5-6-14(2)15(11-13)12-16(19)7-8-17(3,4)9-10-18/h5-6,11H,7-10,12,18H2,1-4H3. The Hall–Kier alpha value is -1.15. The van der Waals surface area contributed by atoms with Crippen LogP contribution in [-0.2, 0) is 11.2 Å². The summed E-state index contributed by atoms with van der Waals surface area (Å²) in [7, 11) is 0. The number of rotatable bonds is 7. The number of Topliss-reactive ketones (excluding diaryl/α,β-unsaturated/α-hetero) is 1. The van der Waals surface area contributed by atoms with Crippen LogP contribution in [0.25, 0.3) is 0 Å². The van der Waals surface area contributed by atoms with Crippen LogP contribution in [-0.4, -0.2) is 12.3 Å². The Morgan fingerprint density at radius 3 is 2.53 bits per heavy atom. The van der Waals surface area contributed by atoms with Crippen molar-refractivity contribution >= 4 is 5.78 Å². The number of ketones is 1. The van der Waals surface area contributed by atoms with Gasteiger partial charge in [-0.1, -0.05) is 37.6 Å². The number of benzene rings is 1. The minimum Gasteiger partial charge on any atom is -0.330 e. The molecular formula is C17H27NO. The number of nitrogens with two attached hydrogens (primary N) is 1. The quantitative estimate of drug-likeness (QED) is 0.815. The zero-order chi connectivity index (χ0) is 14.5. The van der Waals surface area contributed by atoms with E-state index in [0.717, 1.165) is 12.8 Å². The van der Waals surface area contributed by atoms with Crippen LogP contribution in [0.1, 0.15) is 49.8 Å². The maximum Gasteiger partial charge on any atom is 0.137 e. The van der Waals surface area contributed by atoms with Gasteiger partial charge in [0.1, 0.15) is 5.78 Å². The van der Waals surface area contributed by atoms with Crippen LogP contribution in [0, 0.1) is 19.3 Å². The Balaban J connectivity index is 2.54. The molecule has 0 fully saturated rings. The lowest BCUT2D eigenvalue weighted by atomic mass is 9.83. The second-order valence-electron chi connectivity index (χ2n) is 6.35. The van der Waals surface area contributed by atoms with E-state index in [1.54, 1.807) is 0 Å². The fourth-order valence-electron chi connectivity index (χ4n) is 2.29. The first-order valence-corrected chi connectivity index (χ1v) is 7.12. The lowest BCUT2D eigenvalue weighted by molar-refractivity contribution is -0.119. The number of carbonyl (C=O) groups excluding carboxylic acids is 1. The van der Waals surface area contributed by atoms with Crippen LogP contribution in [0.2, 0.25) is 0 Å². The summed E-state index contributed by atoms with van der Waals surface area (Å²) >= 11 is 0. The van der Waals surface area contributed by atoms with Crippen molar-refractivity contribution in [1.82, 2.24) is 0 Å². The van der Waals surface area contributed by atoms with E-state index in [2.05, 4.69) is 45.9 Å². The highest BCUT2D eigenvalue weighted by atomic mass is 16.1. The van der Waals surface area contributed by atoms with E-state index in [9.17, 15) is 4.79 Å². The fourth-order valence-corrected chi connectivity index (χ4v) is 2.29. The van der Waals surface area contributed by atoms with Crippen molar-refractivity contribution in [2.45, 2.75) is 53.4 Å². The normalized spacial score (nSPS) is 11.6. The Morgan fingerprint density at radius 1 is 1.21 bits per heavy atom. The summed E-state index contributed by atoms with van der Waals surface area (Å²) in [6, 6.07) is 6.31. The molecule has 0 atom stereocenters. The minimum atomic E-state index is 0.173. The van der Waals surface area contributed by atoms with Crippen molar-refractivity contribution in [3.63, 3.8) is 0 Å². The molecule has 1 aromatic carbocycles. The SMILES string of the molecule is Cc1ccc(C)c(CC(=O)CCC(C)(C)CCN)c1. The van der Waals surface area contributed by atoms with Gasteiger partial charge >= 0.3 is 0 Å². The molecule has 0 aromatic heterocycles. The Bertz CT molecular complexity index is 435. The predicted octanol–water partition coefficient (Wildman–Crippen LogP) is 3.57. The van der Waals surface area contributed by atoms with E-state index in [4.69, 9.17) is 5.73 Å². The summed E-state index contributed by atoms with van der Waals surface area (Å²) in [4.78, 5) is 12.1. The topological polar surface area (TPSA) is 43.1 Å². The molecule has 2 N–H and O–H groups in total. The molecule has 0 unspecified atom stereocenters. The molecule has 0 aliphatic heterocycles. The van der Waals surface area contributed by atoms with Gasteiger partial charge in [0.05, 0.1) is 0 Å². The lowest BCUT2D eigenvalue weighted by Gasteiger charge is -2.23. The zero-order valence-corrected chi connectivity index (χ0v) is 12.8. The zero-order valence-electron chi connectivity index (χ0n) is 12.8. The first-order chi connectivity index (χ1) is 8.84. The van der Waals surface area contributed by atoms with Gasteiger partial charge in [0.25, 0.3) is 0 Å². The molecule has 0 saturated heterocycles. The fraction of sp³-hybridized carbons (Fsp3) is 0.588. The second kappa shape index (κ2) is 6.85. The maximum atomic E-state index is 12.1. The van der Waals surface area contributed by atoms with Gasteiger partial charge in [-0.25, -0.2) is 0 Å². The summed E-state index contributed by atoms with van der Waals surface area (Å²) in [6.45, 7) is 9.20. The van der Waals surface area contributed by atoms with E-state index in [1.807, 2.05) is 0 Å². The van der Waals surface area contributed by atoms with E-state index >= 15 is 0 Å². The van der Waals surface area contributed by atoms with Gasteiger partial charge in [0.15, 0.2) is 0 Å². The number of carbonyl (C=O) groups is 1. The highest BCUT2D eigenvalue weighted by Crippen LogP contribution is 2.26. The molecule has 0 bridgehead atoms. The van der Waals surface area contributed by atoms with E-state index in [0.29, 0.717) is 25.2 Å². The third-order valence-electron chi connectivity index (χ3n) is 3.79. The summed E-state index contributed by atoms with van der Waals surface area (Å²) in [5.74, 6) is 0.332. The number of aryl methyl sites for hydroxylation is 2. The molecule has 0 heterocycles.